The molecule has 100 valence electrons. The number of nitrogens with zero attached hydrogens (tertiary/aromatic N) is 3. The second-order valence-electron chi connectivity index (χ2n) is 3.82. The fourth-order valence-corrected chi connectivity index (χ4v) is 4.94. The van der Waals surface area contributed by atoms with Crippen molar-refractivity contribution in [2.24, 2.45) is 5.73 Å². The molecule has 10 heteroatoms. The molecule has 0 spiro atoms. The Hall–Kier alpha value is -1.10. The van der Waals surface area contributed by atoms with Gasteiger partial charge in [0.2, 0.25) is 5.91 Å². The van der Waals surface area contributed by atoms with Gasteiger partial charge in [0.1, 0.15) is 22.6 Å². The maximum atomic E-state index is 11.7. The van der Waals surface area contributed by atoms with Crippen molar-refractivity contribution in [1.29, 1.82) is 0 Å². The standard InChI is InChI=1S/C9H8N4O3S3/c10-4-6(14)13-5(8(15)16)3(1-17-7(4)13)19-9-12-11-2-18-9/h2,4,7H,1,10H2,(H,15,16)/t4-,7+/m1/s1. The van der Waals surface area contributed by atoms with E-state index in [1.807, 2.05) is 0 Å². The molecule has 1 aromatic rings. The van der Waals surface area contributed by atoms with Crippen LogP contribution in [-0.2, 0) is 9.59 Å². The molecule has 3 N–H and O–H groups in total. The largest absolute Gasteiger partial charge is 0.477 e. The van der Waals surface area contributed by atoms with Gasteiger partial charge in [-0.15, -0.1) is 22.0 Å². The molecule has 19 heavy (non-hydrogen) atoms. The summed E-state index contributed by atoms with van der Waals surface area (Å²) in [6.45, 7) is 0. The van der Waals surface area contributed by atoms with Gasteiger partial charge in [0.05, 0.1) is 0 Å². The third-order valence-corrected chi connectivity index (χ3v) is 6.07. The molecule has 0 aliphatic carbocycles. The molecule has 7 nitrogen and oxygen atoms in total. The molecule has 1 fully saturated rings. The van der Waals surface area contributed by atoms with Crippen LogP contribution in [-0.4, -0.2) is 49.2 Å². The van der Waals surface area contributed by atoms with Crippen molar-refractivity contribution in [3.05, 3.63) is 16.1 Å². The minimum atomic E-state index is -1.11. The summed E-state index contributed by atoms with van der Waals surface area (Å²) in [5.41, 5.74) is 7.27. The molecule has 0 radical (unpaired) electrons. The zero-order valence-electron chi connectivity index (χ0n) is 9.35. The molecule has 1 aromatic heterocycles. The molecular weight excluding hydrogens is 308 g/mol. The van der Waals surface area contributed by atoms with E-state index in [0.29, 0.717) is 15.0 Å². The number of aliphatic carboxylic acids is 1. The minimum Gasteiger partial charge on any atom is -0.477 e. The Kier molecular flexibility index (Phi) is 3.25. The number of amides is 1. The first-order valence-corrected chi connectivity index (χ1v) is 7.95. The first-order valence-electron chi connectivity index (χ1n) is 5.20. The number of rotatable bonds is 3. The number of fused-ring (bicyclic) bond motifs is 1. The monoisotopic (exact) mass is 316 g/mol. The first kappa shape index (κ1) is 12.9. The van der Waals surface area contributed by atoms with Crippen LogP contribution < -0.4 is 5.73 Å². The van der Waals surface area contributed by atoms with Crippen LogP contribution in [0.3, 0.4) is 0 Å². The van der Waals surface area contributed by atoms with E-state index < -0.39 is 12.0 Å². The summed E-state index contributed by atoms with van der Waals surface area (Å²) in [6.07, 6.45) is 0. The maximum absolute atomic E-state index is 11.7. The van der Waals surface area contributed by atoms with Crippen molar-refractivity contribution >= 4 is 46.7 Å². The fourth-order valence-electron chi connectivity index (χ4n) is 1.88. The molecule has 2 aliphatic rings. The lowest BCUT2D eigenvalue weighted by molar-refractivity contribution is -0.147. The summed E-state index contributed by atoms with van der Waals surface area (Å²) in [5.74, 6) is -0.948. The number of nitrogens with two attached hydrogens (primary N) is 1. The lowest BCUT2D eigenvalue weighted by Gasteiger charge is -2.47. The highest BCUT2D eigenvalue weighted by Gasteiger charge is 2.51. The van der Waals surface area contributed by atoms with Crippen molar-refractivity contribution in [2.45, 2.75) is 15.8 Å². The van der Waals surface area contributed by atoms with Gasteiger partial charge in [-0.25, -0.2) is 4.79 Å². The Morgan fingerprint density at radius 1 is 1.63 bits per heavy atom. The highest BCUT2D eigenvalue weighted by atomic mass is 32.2. The van der Waals surface area contributed by atoms with Crippen LogP contribution in [0.15, 0.2) is 20.5 Å². The third-order valence-electron chi connectivity index (χ3n) is 2.73. The van der Waals surface area contributed by atoms with Crippen LogP contribution in [0.2, 0.25) is 0 Å². The van der Waals surface area contributed by atoms with Crippen molar-refractivity contribution < 1.29 is 14.7 Å². The van der Waals surface area contributed by atoms with E-state index in [1.165, 1.54) is 39.8 Å². The van der Waals surface area contributed by atoms with Gasteiger partial charge in [-0.05, 0) is 0 Å². The Morgan fingerprint density at radius 3 is 3.05 bits per heavy atom. The molecule has 0 unspecified atom stereocenters. The number of carbonyl (C=O) groups is 2. The van der Waals surface area contributed by atoms with Crippen molar-refractivity contribution in [3.8, 4) is 0 Å². The number of β-lactam (4-membered cyclic amide) rings is 1. The lowest BCUT2D eigenvalue weighted by Crippen LogP contribution is -2.68. The maximum Gasteiger partial charge on any atom is 0.353 e. The van der Waals surface area contributed by atoms with Crippen LogP contribution in [0, 0.1) is 0 Å². The number of aromatic nitrogens is 2. The smallest absolute Gasteiger partial charge is 0.353 e. The molecule has 2 aliphatic heterocycles. The van der Waals surface area contributed by atoms with E-state index in [-0.39, 0.29) is 17.0 Å². The summed E-state index contributed by atoms with van der Waals surface area (Å²) in [5, 5.41) is 16.6. The number of carboxylic acid groups (broad SMARTS) is 1. The second-order valence-corrected chi connectivity index (χ2v) is 7.10. The van der Waals surface area contributed by atoms with E-state index in [0.717, 1.165) is 0 Å². The number of carbonyl (C=O) groups excluding carboxylic acids is 1. The summed E-state index contributed by atoms with van der Waals surface area (Å²) >= 11 is 4.04. The summed E-state index contributed by atoms with van der Waals surface area (Å²) in [6, 6.07) is -0.604. The zero-order valence-corrected chi connectivity index (χ0v) is 11.8. The molecule has 0 aromatic carbocycles. The van der Waals surface area contributed by atoms with Gasteiger partial charge < -0.3 is 10.8 Å². The second kappa shape index (κ2) is 4.78. The van der Waals surface area contributed by atoms with E-state index >= 15 is 0 Å². The van der Waals surface area contributed by atoms with E-state index in [4.69, 9.17) is 5.73 Å². The van der Waals surface area contributed by atoms with Gasteiger partial charge in [0, 0.05) is 10.7 Å². The molecule has 1 amide bonds. The van der Waals surface area contributed by atoms with Gasteiger partial charge in [-0.2, -0.15) is 0 Å². The number of carboxylic acids is 1. The summed E-state index contributed by atoms with van der Waals surface area (Å²) < 4.78 is 0.657. The Bertz CT molecular complexity index is 573. The SMILES string of the molecule is N[C@@H]1C(=O)N2C(C(=O)O)=C(Sc3nncs3)CS[C@@H]12. The van der Waals surface area contributed by atoms with Crippen LogP contribution in [0.5, 0.6) is 0 Å². The average molecular weight is 316 g/mol. The van der Waals surface area contributed by atoms with Gasteiger partial charge in [-0.1, -0.05) is 23.1 Å². The lowest BCUT2D eigenvalue weighted by atomic mass is 10.1. The molecular formula is C9H8N4O3S3. The predicted molar refractivity (Wildman–Crippen MR) is 71.5 cm³/mol. The van der Waals surface area contributed by atoms with E-state index in [1.54, 1.807) is 5.51 Å². The van der Waals surface area contributed by atoms with Crippen molar-refractivity contribution in [1.82, 2.24) is 15.1 Å². The number of hydrogen-bond donors (Lipinski definition) is 2. The number of hydrogen-bond acceptors (Lipinski definition) is 8. The first-order chi connectivity index (χ1) is 9.09. The third kappa shape index (κ3) is 2.04. The summed E-state index contributed by atoms with van der Waals surface area (Å²) in [4.78, 5) is 25.0. The van der Waals surface area contributed by atoms with Gasteiger partial charge >= 0.3 is 5.97 Å². The molecule has 3 rings (SSSR count). The molecule has 1 saturated heterocycles. The quantitative estimate of drug-likeness (QED) is 0.759. The van der Waals surface area contributed by atoms with Crippen LogP contribution in [0.4, 0.5) is 0 Å². The van der Waals surface area contributed by atoms with Crippen molar-refractivity contribution in [2.75, 3.05) is 5.75 Å². The average Bonchev–Trinajstić information content (AvgIpc) is 2.89. The van der Waals surface area contributed by atoms with Crippen LogP contribution >= 0.6 is 34.9 Å². The van der Waals surface area contributed by atoms with E-state index in [2.05, 4.69) is 10.2 Å². The normalized spacial score (nSPS) is 26.2. The zero-order chi connectivity index (χ0) is 13.6. The minimum absolute atomic E-state index is 0.0238. The Morgan fingerprint density at radius 2 is 2.42 bits per heavy atom. The molecule has 3 heterocycles. The van der Waals surface area contributed by atoms with Crippen LogP contribution in [0.1, 0.15) is 0 Å². The predicted octanol–water partition coefficient (Wildman–Crippen LogP) is 0.169. The highest BCUT2D eigenvalue weighted by Crippen LogP contribution is 2.44. The van der Waals surface area contributed by atoms with Crippen LogP contribution in [0.25, 0.3) is 0 Å². The number of thioether (sulfide) groups is 2. The van der Waals surface area contributed by atoms with Crippen molar-refractivity contribution in [3.63, 3.8) is 0 Å². The topological polar surface area (TPSA) is 109 Å². The van der Waals surface area contributed by atoms with Gasteiger partial charge in [0.15, 0.2) is 4.34 Å². The van der Waals surface area contributed by atoms with Gasteiger partial charge in [-0.3, -0.25) is 9.69 Å². The molecule has 2 atom stereocenters. The highest BCUT2D eigenvalue weighted by molar-refractivity contribution is 8.07. The molecule has 0 saturated carbocycles. The fraction of sp³-hybridized carbons (Fsp3) is 0.333. The van der Waals surface area contributed by atoms with E-state index in [9.17, 15) is 14.7 Å². The summed E-state index contributed by atoms with van der Waals surface area (Å²) in [7, 11) is 0. The molecule has 0 bridgehead atoms. The van der Waals surface area contributed by atoms with Gasteiger partial charge in [0.25, 0.3) is 0 Å². The Balaban J connectivity index is 1.95. The Labute approximate surface area is 120 Å².